The SMILES string of the molecule is COc1cc(-c2cc(C(=O)[O-])c3ccccc3n2)cc(OC)c1OC. The lowest BCUT2D eigenvalue weighted by atomic mass is 10.0. The van der Waals surface area contributed by atoms with Crippen molar-refractivity contribution in [1.29, 1.82) is 0 Å². The third-order valence-corrected chi connectivity index (χ3v) is 3.90. The molecule has 1 heterocycles. The summed E-state index contributed by atoms with van der Waals surface area (Å²) in [4.78, 5) is 16.1. The zero-order valence-electron chi connectivity index (χ0n) is 14.0. The normalized spacial score (nSPS) is 10.5. The predicted octanol–water partition coefficient (Wildman–Crippen LogP) is 2.29. The van der Waals surface area contributed by atoms with Crippen LogP contribution >= 0.6 is 0 Å². The Morgan fingerprint density at radius 3 is 2.16 bits per heavy atom. The molecule has 0 N–H and O–H groups in total. The van der Waals surface area contributed by atoms with Gasteiger partial charge in [-0.05, 0) is 24.3 Å². The Hall–Kier alpha value is -3.28. The van der Waals surface area contributed by atoms with Crippen LogP contribution in [0.3, 0.4) is 0 Å². The van der Waals surface area contributed by atoms with Gasteiger partial charge in [0.05, 0.1) is 38.5 Å². The highest BCUT2D eigenvalue weighted by Gasteiger charge is 2.16. The van der Waals surface area contributed by atoms with Gasteiger partial charge in [-0.1, -0.05) is 18.2 Å². The van der Waals surface area contributed by atoms with E-state index in [4.69, 9.17) is 14.2 Å². The monoisotopic (exact) mass is 338 g/mol. The molecule has 1 aromatic heterocycles. The first-order valence-electron chi connectivity index (χ1n) is 7.50. The number of aromatic carboxylic acids is 1. The van der Waals surface area contributed by atoms with Crippen LogP contribution in [0, 0.1) is 0 Å². The number of nitrogens with zero attached hydrogens (tertiary/aromatic N) is 1. The van der Waals surface area contributed by atoms with Crippen LogP contribution in [0.15, 0.2) is 42.5 Å². The summed E-state index contributed by atoms with van der Waals surface area (Å²) >= 11 is 0. The van der Waals surface area contributed by atoms with E-state index in [0.29, 0.717) is 39.4 Å². The molecule has 0 atom stereocenters. The topological polar surface area (TPSA) is 80.7 Å². The summed E-state index contributed by atoms with van der Waals surface area (Å²) in [6.45, 7) is 0. The van der Waals surface area contributed by atoms with Crippen LogP contribution in [0.2, 0.25) is 0 Å². The van der Waals surface area contributed by atoms with Crippen molar-refractivity contribution >= 4 is 16.9 Å². The molecule has 0 aliphatic heterocycles. The summed E-state index contributed by atoms with van der Waals surface area (Å²) < 4.78 is 16.0. The fourth-order valence-electron chi connectivity index (χ4n) is 2.72. The molecule has 3 aromatic rings. The number of carboxylic acid groups (broad SMARTS) is 1. The zero-order valence-corrected chi connectivity index (χ0v) is 14.0. The van der Waals surface area contributed by atoms with Crippen molar-refractivity contribution in [3.05, 3.63) is 48.0 Å². The zero-order chi connectivity index (χ0) is 18.0. The number of hydrogen-bond donors (Lipinski definition) is 0. The van der Waals surface area contributed by atoms with Crippen LogP contribution in [-0.2, 0) is 0 Å². The molecule has 0 spiro atoms. The van der Waals surface area contributed by atoms with E-state index < -0.39 is 5.97 Å². The number of aromatic nitrogens is 1. The smallest absolute Gasteiger partial charge is 0.203 e. The fraction of sp³-hybridized carbons (Fsp3) is 0.158. The van der Waals surface area contributed by atoms with Gasteiger partial charge in [0.2, 0.25) is 5.75 Å². The van der Waals surface area contributed by atoms with Gasteiger partial charge >= 0.3 is 0 Å². The first-order chi connectivity index (χ1) is 12.1. The number of pyridine rings is 1. The Labute approximate surface area is 144 Å². The molecule has 3 rings (SSSR count). The maximum atomic E-state index is 11.5. The third-order valence-electron chi connectivity index (χ3n) is 3.90. The average molecular weight is 338 g/mol. The minimum atomic E-state index is -1.26. The summed E-state index contributed by atoms with van der Waals surface area (Å²) in [5.41, 5.74) is 1.75. The molecule has 0 saturated heterocycles. The van der Waals surface area contributed by atoms with Gasteiger partial charge in [0.25, 0.3) is 0 Å². The van der Waals surface area contributed by atoms with Crippen molar-refractivity contribution in [2.45, 2.75) is 0 Å². The maximum Gasteiger partial charge on any atom is 0.203 e. The van der Waals surface area contributed by atoms with Gasteiger partial charge in [-0.2, -0.15) is 0 Å². The lowest BCUT2D eigenvalue weighted by molar-refractivity contribution is -0.254. The molecule has 25 heavy (non-hydrogen) atoms. The summed E-state index contributed by atoms with van der Waals surface area (Å²) in [6.07, 6.45) is 0. The van der Waals surface area contributed by atoms with E-state index in [2.05, 4.69) is 4.98 Å². The molecule has 0 bridgehead atoms. The number of para-hydroxylation sites is 1. The van der Waals surface area contributed by atoms with E-state index in [9.17, 15) is 9.90 Å². The molecule has 0 fully saturated rings. The van der Waals surface area contributed by atoms with E-state index in [1.165, 1.54) is 27.4 Å². The Morgan fingerprint density at radius 2 is 1.60 bits per heavy atom. The molecule has 128 valence electrons. The van der Waals surface area contributed by atoms with Crippen molar-refractivity contribution in [2.24, 2.45) is 0 Å². The second-order valence-corrected chi connectivity index (χ2v) is 5.27. The number of carbonyl (C=O) groups excluding carboxylic acids is 1. The Bertz CT molecular complexity index is 927. The van der Waals surface area contributed by atoms with Gasteiger partial charge < -0.3 is 24.1 Å². The van der Waals surface area contributed by atoms with Gasteiger partial charge in [0.1, 0.15) is 0 Å². The molecular weight excluding hydrogens is 322 g/mol. The molecule has 0 saturated carbocycles. The number of ether oxygens (including phenoxy) is 3. The maximum absolute atomic E-state index is 11.5. The molecule has 0 unspecified atom stereocenters. The second-order valence-electron chi connectivity index (χ2n) is 5.27. The minimum Gasteiger partial charge on any atom is -0.545 e. The molecule has 6 nitrogen and oxygen atoms in total. The number of carbonyl (C=O) groups is 1. The van der Waals surface area contributed by atoms with Crippen LogP contribution in [0.1, 0.15) is 10.4 Å². The first kappa shape index (κ1) is 16.6. The van der Waals surface area contributed by atoms with Crippen molar-refractivity contribution in [2.75, 3.05) is 21.3 Å². The second kappa shape index (κ2) is 6.68. The summed E-state index contributed by atoms with van der Waals surface area (Å²) in [5, 5.41) is 12.1. The Morgan fingerprint density at radius 1 is 0.960 bits per heavy atom. The van der Waals surface area contributed by atoms with E-state index >= 15 is 0 Å². The molecule has 6 heteroatoms. The Kier molecular flexibility index (Phi) is 4.43. The van der Waals surface area contributed by atoms with E-state index in [-0.39, 0.29) is 5.56 Å². The summed E-state index contributed by atoms with van der Waals surface area (Å²) in [7, 11) is 4.55. The van der Waals surface area contributed by atoms with E-state index in [0.717, 1.165) is 0 Å². The fourth-order valence-corrected chi connectivity index (χ4v) is 2.72. The molecular formula is C19H16NO5-. The molecule has 0 amide bonds. The van der Waals surface area contributed by atoms with Gasteiger partial charge in [-0.3, -0.25) is 0 Å². The molecule has 0 aliphatic carbocycles. The highest BCUT2D eigenvalue weighted by molar-refractivity contribution is 6.02. The van der Waals surface area contributed by atoms with Crippen LogP contribution in [0.5, 0.6) is 17.2 Å². The van der Waals surface area contributed by atoms with Crippen molar-refractivity contribution in [3.8, 4) is 28.5 Å². The number of rotatable bonds is 5. The summed E-state index contributed by atoms with van der Waals surface area (Å²) in [6, 6.07) is 11.9. The van der Waals surface area contributed by atoms with Crippen LogP contribution in [0.25, 0.3) is 22.2 Å². The average Bonchev–Trinajstić information content (AvgIpc) is 2.65. The number of fused-ring (bicyclic) bond motifs is 1. The highest BCUT2D eigenvalue weighted by Crippen LogP contribution is 2.41. The summed E-state index contributed by atoms with van der Waals surface area (Å²) in [5.74, 6) is 0.116. The standard InChI is InChI=1S/C19H17NO5/c1-23-16-8-11(9-17(24-2)18(16)25-3)15-10-13(19(21)22)12-6-4-5-7-14(12)20-15/h4-10H,1-3H3,(H,21,22)/p-1. The van der Waals surface area contributed by atoms with Gasteiger partial charge in [-0.15, -0.1) is 0 Å². The highest BCUT2D eigenvalue weighted by atomic mass is 16.5. The Balaban J connectivity index is 2.28. The van der Waals surface area contributed by atoms with Gasteiger partial charge in [0.15, 0.2) is 11.5 Å². The van der Waals surface area contributed by atoms with Gasteiger partial charge in [0, 0.05) is 16.5 Å². The van der Waals surface area contributed by atoms with E-state index in [1.54, 1.807) is 36.4 Å². The molecule has 0 radical (unpaired) electrons. The lowest BCUT2D eigenvalue weighted by Crippen LogP contribution is -2.22. The third kappa shape index (κ3) is 2.94. The van der Waals surface area contributed by atoms with Gasteiger partial charge in [-0.25, -0.2) is 4.98 Å². The molecule has 0 aliphatic rings. The first-order valence-corrected chi connectivity index (χ1v) is 7.50. The largest absolute Gasteiger partial charge is 0.545 e. The van der Waals surface area contributed by atoms with Crippen LogP contribution < -0.4 is 19.3 Å². The molecule has 2 aromatic carbocycles. The van der Waals surface area contributed by atoms with Crippen LogP contribution in [-0.4, -0.2) is 32.3 Å². The van der Waals surface area contributed by atoms with Crippen molar-refractivity contribution < 1.29 is 24.1 Å². The number of methoxy groups -OCH3 is 3. The predicted molar refractivity (Wildman–Crippen MR) is 91.2 cm³/mol. The van der Waals surface area contributed by atoms with E-state index in [1.807, 2.05) is 0 Å². The number of benzene rings is 2. The quantitative estimate of drug-likeness (QED) is 0.710. The number of hydrogen-bond acceptors (Lipinski definition) is 6. The van der Waals surface area contributed by atoms with Crippen LogP contribution in [0.4, 0.5) is 0 Å². The lowest BCUT2D eigenvalue weighted by Gasteiger charge is -2.15. The minimum absolute atomic E-state index is 0.0781. The van der Waals surface area contributed by atoms with Crippen molar-refractivity contribution in [3.63, 3.8) is 0 Å². The number of carboxylic acids is 1. The van der Waals surface area contributed by atoms with Crippen molar-refractivity contribution in [1.82, 2.24) is 4.98 Å².